The van der Waals surface area contributed by atoms with Crippen LogP contribution >= 0.6 is 0 Å². The summed E-state index contributed by atoms with van der Waals surface area (Å²) >= 11 is 0. The number of hydrogen-bond acceptors (Lipinski definition) is 4. The van der Waals surface area contributed by atoms with Gasteiger partial charge in [-0.05, 0) is 109 Å². The molecule has 12 aromatic carbocycles. The molecule has 0 N–H and O–H groups in total. The van der Waals surface area contributed by atoms with Gasteiger partial charge < -0.3 is 27.1 Å². The van der Waals surface area contributed by atoms with Gasteiger partial charge in [-0.25, -0.2) is 0 Å². The number of aromatic nitrogens is 4. The molecule has 0 spiro atoms. The maximum absolute atomic E-state index is 11.5. The molecule has 0 radical (unpaired) electrons. The van der Waals surface area contributed by atoms with Crippen molar-refractivity contribution in [2.75, 3.05) is 0 Å². The average Bonchev–Trinajstić information content (AvgIpc) is 2.86. The minimum atomic E-state index is 0.353. The minimum Gasteiger partial charge on any atom is -0.455 e. The van der Waals surface area contributed by atoms with E-state index < -0.39 is 0 Å². The molecule has 0 fully saturated rings. The molecule has 6 heterocycles. The zero-order valence-corrected chi connectivity index (χ0v) is 43.7. The van der Waals surface area contributed by atoms with Crippen LogP contribution in [-0.2, 0) is 0 Å². The Morgan fingerprint density at radius 2 is 0.585 bits per heavy atom. The maximum atomic E-state index is 11.5. The van der Waals surface area contributed by atoms with Crippen molar-refractivity contribution in [2.24, 2.45) is 0 Å². The van der Waals surface area contributed by atoms with Crippen molar-refractivity contribution in [1.29, 1.82) is 10.5 Å². The molecule has 82 heavy (non-hydrogen) atoms. The highest BCUT2D eigenvalue weighted by atomic mass is 16.3. The molecule has 380 valence electrons. The Labute approximate surface area is 467 Å². The molecule has 0 aliphatic rings. The van der Waals surface area contributed by atoms with Gasteiger partial charge in [0, 0.05) is 70.9 Å². The fourth-order valence-electron chi connectivity index (χ4n) is 13.3. The first kappa shape index (κ1) is 45.4. The number of nitriles is 2. The lowest BCUT2D eigenvalue weighted by molar-refractivity contribution is 0.672. The third-order valence-corrected chi connectivity index (χ3v) is 16.7. The molecule has 0 saturated carbocycles. The zero-order valence-electron chi connectivity index (χ0n) is 43.7. The van der Waals surface area contributed by atoms with E-state index in [-0.39, 0.29) is 0 Å². The van der Waals surface area contributed by atoms with Gasteiger partial charge in [-0.2, -0.15) is 10.5 Å². The van der Waals surface area contributed by atoms with Crippen LogP contribution in [0, 0.1) is 22.7 Å². The van der Waals surface area contributed by atoms with E-state index in [2.05, 4.69) is 200 Å². The van der Waals surface area contributed by atoms with Gasteiger partial charge in [0.05, 0.1) is 71.7 Å². The third kappa shape index (κ3) is 6.40. The van der Waals surface area contributed by atoms with Gasteiger partial charge in [0.1, 0.15) is 34.5 Å². The summed E-state index contributed by atoms with van der Waals surface area (Å²) in [5.41, 5.74) is 14.9. The first-order valence-electron chi connectivity index (χ1n) is 27.4. The van der Waals surface area contributed by atoms with Crippen molar-refractivity contribution in [3.05, 3.63) is 266 Å². The SMILES string of the molecule is N#Cc1cc(-n2c3ccc(-n4c5ccccc5c5ccccc54)cc3c3c4oc5ccccc5c4ccc32)cc(C#N)c1-n1c2ccc(-n3c4ccccc4c4ccccc43)cc2c2c3oc4ccccc4c3ccc21.c1ccccc1. The van der Waals surface area contributed by atoms with Crippen molar-refractivity contribution in [3.8, 4) is 34.9 Å². The van der Waals surface area contributed by atoms with Gasteiger partial charge in [-0.15, -0.1) is 0 Å². The monoisotopic (exact) mass is 1050 g/mol. The molecule has 0 aliphatic carbocycles. The van der Waals surface area contributed by atoms with Crippen molar-refractivity contribution < 1.29 is 8.83 Å². The van der Waals surface area contributed by atoms with E-state index in [0.717, 1.165) is 121 Å². The quantitative estimate of drug-likeness (QED) is 0.175. The molecular formula is C74H42N6O2. The standard InChI is InChI=1S/C68H36N6O2.C6H6/c69-37-39-33-43(73-58-29-25-41(71-54-19-7-1-13-44(54)45-14-2-8-20-55(45)71)35-52(58)64-60(73)31-27-50-48-17-5-11-23-62(48)75-67(50)64)34-40(38-70)66(39)74-59-30-26-42(72-56-21-9-3-15-46(56)47-16-4-10-22-57(47)72)36-53(59)65-61(74)32-28-51-49-18-6-12-24-63(49)76-68(51)65;1-2-4-6-5-3-1/h1-36H;1-6H. The van der Waals surface area contributed by atoms with Crippen molar-refractivity contribution in [3.63, 3.8) is 0 Å². The highest BCUT2D eigenvalue weighted by Crippen LogP contribution is 2.46. The minimum absolute atomic E-state index is 0.353. The maximum Gasteiger partial charge on any atom is 0.145 e. The van der Waals surface area contributed by atoms with Crippen LogP contribution in [-0.4, -0.2) is 18.3 Å². The number of rotatable bonds is 4. The average molecular weight is 1050 g/mol. The van der Waals surface area contributed by atoms with Gasteiger partial charge in [0.25, 0.3) is 0 Å². The van der Waals surface area contributed by atoms with Gasteiger partial charge in [0.2, 0.25) is 0 Å². The van der Waals surface area contributed by atoms with Crippen molar-refractivity contribution in [2.45, 2.75) is 0 Å². The molecule has 0 saturated heterocycles. The van der Waals surface area contributed by atoms with Gasteiger partial charge >= 0.3 is 0 Å². The van der Waals surface area contributed by atoms with E-state index >= 15 is 0 Å². The molecule has 8 nitrogen and oxygen atoms in total. The van der Waals surface area contributed by atoms with Crippen molar-refractivity contribution in [1.82, 2.24) is 18.3 Å². The van der Waals surface area contributed by atoms with E-state index in [0.29, 0.717) is 22.5 Å². The Hall–Kier alpha value is -11.6. The van der Waals surface area contributed by atoms with Gasteiger partial charge in [0.15, 0.2) is 0 Å². The number of fused-ring (bicyclic) bond motifs is 20. The van der Waals surface area contributed by atoms with Crippen LogP contribution in [0.5, 0.6) is 0 Å². The fourth-order valence-corrected chi connectivity index (χ4v) is 13.3. The largest absolute Gasteiger partial charge is 0.455 e. The molecule has 0 aliphatic heterocycles. The fraction of sp³-hybridized carbons (Fsp3) is 0. The van der Waals surface area contributed by atoms with Crippen LogP contribution in [0.1, 0.15) is 11.1 Å². The Bertz CT molecular complexity index is 5640. The highest BCUT2D eigenvalue weighted by Gasteiger charge is 2.27. The topological polar surface area (TPSA) is 93.6 Å². The zero-order chi connectivity index (χ0) is 54.2. The number of hydrogen-bond donors (Lipinski definition) is 0. The summed E-state index contributed by atoms with van der Waals surface area (Å²) in [5.74, 6) is 0. The molecule has 18 rings (SSSR count). The molecule has 0 unspecified atom stereocenters. The molecular weight excluding hydrogens is 1000 g/mol. The Morgan fingerprint density at radius 1 is 0.256 bits per heavy atom. The molecule has 18 aromatic rings. The molecule has 8 heteroatoms. The summed E-state index contributed by atoms with van der Waals surface area (Å²) in [4.78, 5) is 0. The van der Waals surface area contributed by atoms with Crippen LogP contribution in [0.15, 0.2) is 264 Å². The Balaban J connectivity index is 0.000000839. The van der Waals surface area contributed by atoms with Gasteiger partial charge in [-0.1, -0.05) is 146 Å². The van der Waals surface area contributed by atoms with Crippen LogP contribution < -0.4 is 0 Å². The number of furan rings is 2. The first-order chi connectivity index (χ1) is 40.6. The van der Waals surface area contributed by atoms with Crippen LogP contribution in [0.4, 0.5) is 0 Å². The normalized spacial score (nSPS) is 11.9. The molecule has 0 amide bonds. The van der Waals surface area contributed by atoms with Gasteiger partial charge in [-0.3, -0.25) is 0 Å². The van der Waals surface area contributed by atoms with E-state index in [1.54, 1.807) is 0 Å². The van der Waals surface area contributed by atoms with Crippen LogP contribution in [0.25, 0.3) is 154 Å². The summed E-state index contributed by atoms with van der Waals surface area (Å²) in [5, 5.41) is 35.5. The third-order valence-electron chi connectivity index (χ3n) is 16.7. The second-order valence-electron chi connectivity index (χ2n) is 21.0. The smallest absolute Gasteiger partial charge is 0.145 e. The predicted octanol–water partition coefficient (Wildman–Crippen LogP) is 19.3. The van der Waals surface area contributed by atoms with Crippen LogP contribution in [0.3, 0.4) is 0 Å². The number of benzene rings is 12. The van der Waals surface area contributed by atoms with Crippen molar-refractivity contribution >= 4 is 131 Å². The number of para-hydroxylation sites is 6. The van der Waals surface area contributed by atoms with E-state index in [1.165, 1.54) is 21.5 Å². The summed E-state index contributed by atoms with van der Waals surface area (Å²) in [7, 11) is 0. The van der Waals surface area contributed by atoms with Crippen LogP contribution in [0.2, 0.25) is 0 Å². The molecule has 0 atom stereocenters. The molecule has 6 aromatic heterocycles. The molecule has 0 bridgehead atoms. The van der Waals surface area contributed by atoms with E-state index in [1.807, 2.05) is 84.9 Å². The predicted molar refractivity (Wildman–Crippen MR) is 334 cm³/mol. The lowest BCUT2D eigenvalue weighted by atomic mass is 10.1. The lowest BCUT2D eigenvalue weighted by Gasteiger charge is -2.16. The summed E-state index contributed by atoms with van der Waals surface area (Å²) in [6.07, 6.45) is 0. The summed E-state index contributed by atoms with van der Waals surface area (Å²) in [6, 6.07) is 93.0. The highest BCUT2D eigenvalue weighted by molar-refractivity contribution is 6.26. The second-order valence-corrected chi connectivity index (χ2v) is 21.0. The van der Waals surface area contributed by atoms with E-state index in [9.17, 15) is 10.5 Å². The number of nitrogens with zero attached hydrogens (tertiary/aromatic N) is 6. The van der Waals surface area contributed by atoms with E-state index in [4.69, 9.17) is 8.83 Å². The summed E-state index contributed by atoms with van der Waals surface area (Å²) in [6.45, 7) is 0. The second kappa shape index (κ2) is 17.5. The Kier molecular flexibility index (Phi) is 9.68. The first-order valence-corrected chi connectivity index (χ1v) is 27.4. The lowest BCUT2D eigenvalue weighted by Crippen LogP contribution is -2.05. The summed E-state index contributed by atoms with van der Waals surface area (Å²) < 4.78 is 22.6. The Morgan fingerprint density at radius 3 is 1.00 bits per heavy atom.